The molecule has 2 fully saturated rings. The lowest BCUT2D eigenvalue weighted by Crippen LogP contribution is -2.58. The summed E-state index contributed by atoms with van der Waals surface area (Å²) < 4.78 is 0. The second-order valence-corrected chi connectivity index (χ2v) is 6.04. The summed E-state index contributed by atoms with van der Waals surface area (Å²) in [5.74, 6) is 0.400. The Kier molecular flexibility index (Phi) is 2.73. The van der Waals surface area contributed by atoms with Gasteiger partial charge in [0.25, 0.3) is 0 Å². The molecule has 0 bridgehead atoms. The van der Waals surface area contributed by atoms with E-state index in [1.54, 1.807) is 0 Å². The van der Waals surface area contributed by atoms with Gasteiger partial charge in [0.15, 0.2) is 0 Å². The van der Waals surface area contributed by atoms with E-state index in [1.807, 2.05) is 6.92 Å². The molecule has 16 heavy (non-hydrogen) atoms. The average molecular weight is 221 g/mol. The molecule has 0 saturated heterocycles. The molecule has 0 heterocycles. The minimum atomic E-state index is -0.854. The molecule has 2 aliphatic rings. The van der Waals surface area contributed by atoms with Gasteiger partial charge in [-0.05, 0) is 51.4 Å². The number of nitrogens with one attached hydrogen (secondary N) is 1. The van der Waals surface area contributed by atoms with E-state index >= 15 is 0 Å². The van der Waals surface area contributed by atoms with Crippen LogP contribution in [0.1, 0.15) is 52.4 Å². The SMILES string of the molecule is C=C(C)[C@@H]1CC[C@]2(C)CCCC(=N)[C@]2(O)C1. The Morgan fingerprint density at radius 1 is 1.50 bits per heavy atom. The van der Waals surface area contributed by atoms with Crippen LogP contribution in [0.15, 0.2) is 12.2 Å². The first-order valence-corrected chi connectivity index (χ1v) is 6.35. The monoisotopic (exact) mass is 221 g/mol. The van der Waals surface area contributed by atoms with E-state index < -0.39 is 5.60 Å². The zero-order valence-electron chi connectivity index (χ0n) is 10.5. The lowest BCUT2D eigenvalue weighted by atomic mass is 9.54. The van der Waals surface area contributed by atoms with Crippen LogP contribution in [0.5, 0.6) is 0 Å². The van der Waals surface area contributed by atoms with Crippen LogP contribution in [0, 0.1) is 16.7 Å². The zero-order valence-corrected chi connectivity index (χ0v) is 10.5. The molecule has 0 spiro atoms. The van der Waals surface area contributed by atoms with Crippen LogP contribution in [0.3, 0.4) is 0 Å². The van der Waals surface area contributed by atoms with E-state index in [9.17, 15) is 5.11 Å². The van der Waals surface area contributed by atoms with Crippen molar-refractivity contribution in [3.63, 3.8) is 0 Å². The zero-order chi connectivity index (χ0) is 12.0. The van der Waals surface area contributed by atoms with Gasteiger partial charge in [0, 0.05) is 11.1 Å². The molecular formula is C14H23NO. The highest BCUT2D eigenvalue weighted by molar-refractivity contribution is 5.91. The predicted octanol–water partition coefficient (Wildman–Crippen LogP) is 3.30. The van der Waals surface area contributed by atoms with Gasteiger partial charge in [-0.15, -0.1) is 0 Å². The van der Waals surface area contributed by atoms with Crippen molar-refractivity contribution in [3.8, 4) is 0 Å². The fourth-order valence-electron chi connectivity index (χ4n) is 3.51. The number of rotatable bonds is 1. The molecule has 0 aromatic heterocycles. The maximum absolute atomic E-state index is 10.9. The largest absolute Gasteiger partial charge is 0.383 e. The highest BCUT2D eigenvalue weighted by atomic mass is 16.3. The standard InChI is InChI=1S/C14H23NO/c1-10(2)11-6-8-13(3)7-4-5-12(15)14(13,16)9-11/h11,15-16H,1,4-9H2,2-3H3/t11-,13+,14-/m1/s1. The highest BCUT2D eigenvalue weighted by Gasteiger charge is 2.54. The molecule has 2 aliphatic carbocycles. The molecule has 2 rings (SSSR count). The Morgan fingerprint density at radius 2 is 2.19 bits per heavy atom. The third kappa shape index (κ3) is 1.55. The van der Waals surface area contributed by atoms with Crippen molar-refractivity contribution in [3.05, 3.63) is 12.2 Å². The maximum Gasteiger partial charge on any atom is 0.108 e. The molecule has 0 unspecified atom stereocenters. The minimum Gasteiger partial charge on any atom is -0.383 e. The predicted molar refractivity (Wildman–Crippen MR) is 66.8 cm³/mol. The first-order valence-electron chi connectivity index (χ1n) is 6.35. The van der Waals surface area contributed by atoms with Gasteiger partial charge < -0.3 is 10.5 Å². The molecule has 2 heteroatoms. The Hall–Kier alpha value is -0.630. The highest BCUT2D eigenvalue weighted by Crippen LogP contribution is 2.53. The molecule has 0 aliphatic heterocycles. The summed E-state index contributed by atoms with van der Waals surface area (Å²) in [6, 6.07) is 0. The number of aliphatic hydroxyl groups is 1. The Bertz CT molecular complexity index is 336. The van der Waals surface area contributed by atoms with Crippen molar-refractivity contribution in [1.29, 1.82) is 5.41 Å². The van der Waals surface area contributed by atoms with Crippen molar-refractivity contribution >= 4 is 5.71 Å². The van der Waals surface area contributed by atoms with Crippen LogP contribution >= 0.6 is 0 Å². The quantitative estimate of drug-likeness (QED) is 0.655. The normalized spacial score (nSPS) is 43.9. The van der Waals surface area contributed by atoms with E-state index in [-0.39, 0.29) is 5.41 Å². The van der Waals surface area contributed by atoms with E-state index in [4.69, 9.17) is 5.41 Å². The van der Waals surface area contributed by atoms with Gasteiger partial charge in [-0.1, -0.05) is 19.1 Å². The molecule has 0 aromatic carbocycles. The fraction of sp³-hybridized carbons (Fsp3) is 0.786. The second kappa shape index (κ2) is 3.69. The van der Waals surface area contributed by atoms with Crippen molar-refractivity contribution in [2.45, 2.75) is 58.0 Å². The van der Waals surface area contributed by atoms with Gasteiger partial charge in [-0.2, -0.15) is 0 Å². The van der Waals surface area contributed by atoms with Gasteiger partial charge in [-0.25, -0.2) is 0 Å². The van der Waals surface area contributed by atoms with Gasteiger partial charge in [0.2, 0.25) is 0 Å². The van der Waals surface area contributed by atoms with Crippen molar-refractivity contribution in [2.24, 2.45) is 11.3 Å². The van der Waals surface area contributed by atoms with E-state index in [1.165, 1.54) is 0 Å². The Labute approximate surface area is 98.3 Å². The molecule has 3 atom stereocenters. The van der Waals surface area contributed by atoms with Gasteiger partial charge in [-0.3, -0.25) is 0 Å². The molecule has 2 saturated carbocycles. The summed E-state index contributed by atoms with van der Waals surface area (Å²) in [6.45, 7) is 8.22. The van der Waals surface area contributed by atoms with Crippen LogP contribution < -0.4 is 0 Å². The molecule has 90 valence electrons. The van der Waals surface area contributed by atoms with Crippen LogP contribution in [0.4, 0.5) is 0 Å². The van der Waals surface area contributed by atoms with Crippen LogP contribution in [0.25, 0.3) is 0 Å². The summed E-state index contributed by atoms with van der Waals surface area (Å²) in [6.07, 6.45) is 5.78. The summed E-state index contributed by atoms with van der Waals surface area (Å²) in [5.41, 5.74) is 0.808. The number of hydrogen-bond donors (Lipinski definition) is 2. The fourth-order valence-corrected chi connectivity index (χ4v) is 3.51. The Morgan fingerprint density at radius 3 is 2.81 bits per heavy atom. The lowest BCUT2D eigenvalue weighted by molar-refractivity contribution is -0.0782. The smallest absolute Gasteiger partial charge is 0.108 e. The Balaban J connectivity index is 2.29. The van der Waals surface area contributed by atoms with Gasteiger partial charge in [0.1, 0.15) is 5.60 Å². The number of allylic oxidation sites excluding steroid dienone is 1. The summed E-state index contributed by atoms with van der Waals surface area (Å²) in [4.78, 5) is 0. The molecule has 2 nitrogen and oxygen atoms in total. The first kappa shape index (κ1) is 11.8. The third-order valence-electron chi connectivity index (χ3n) is 4.94. The topological polar surface area (TPSA) is 44.1 Å². The summed E-state index contributed by atoms with van der Waals surface area (Å²) in [5, 5.41) is 19.0. The van der Waals surface area contributed by atoms with Crippen LogP contribution in [0.2, 0.25) is 0 Å². The van der Waals surface area contributed by atoms with E-state index in [2.05, 4.69) is 13.5 Å². The van der Waals surface area contributed by atoms with Crippen molar-refractivity contribution in [2.75, 3.05) is 0 Å². The third-order valence-corrected chi connectivity index (χ3v) is 4.94. The molecular weight excluding hydrogens is 198 g/mol. The second-order valence-electron chi connectivity index (χ2n) is 6.04. The number of hydrogen-bond acceptors (Lipinski definition) is 2. The van der Waals surface area contributed by atoms with Crippen LogP contribution in [-0.2, 0) is 0 Å². The molecule has 2 N–H and O–H groups in total. The maximum atomic E-state index is 10.9. The molecule has 0 amide bonds. The van der Waals surface area contributed by atoms with Crippen molar-refractivity contribution < 1.29 is 5.11 Å². The molecule has 0 radical (unpaired) electrons. The summed E-state index contributed by atoms with van der Waals surface area (Å²) in [7, 11) is 0. The summed E-state index contributed by atoms with van der Waals surface area (Å²) >= 11 is 0. The number of fused-ring (bicyclic) bond motifs is 1. The first-order chi connectivity index (χ1) is 7.39. The lowest BCUT2D eigenvalue weighted by Gasteiger charge is -2.54. The van der Waals surface area contributed by atoms with Gasteiger partial charge >= 0.3 is 0 Å². The van der Waals surface area contributed by atoms with Crippen LogP contribution in [-0.4, -0.2) is 16.4 Å². The molecule has 0 aromatic rings. The van der Waals surface area contributed by atoms with Gasteiger partial charge in [0.05, 0.1) is 0 Å². The van der Waals surface area contributed by atoms with E-state index in [0.717, 1.165) is 44.1 Å². The van der Waals surface area contributed by atoms with E-state index in [0.29, 0.717) is 11.6 Å². The van der Waals surface area contributed by atoms with Crippen molar-refractivity contribution in [1.82, 2.24) is 0 Å². The average Bonchev–Trinajstić information content (AvgIpc) is 2.20. The minimum absolute atomic E-state index is 0.0612.